The van der Waals surface area contributed by atoms with Gasteiger partial charge in [-0.25, -0.2) is 4.63 Å². The highest BCUT2D eigenvalue weighted by molar-refractivity contribution is 5.04. The molecule has 5 heteroatoms. The molecule has 1 fully saturated rings. The largest absolute Gasteiger partial charge is 0.315 e. The smallest absolute Gasteiger partial charge is 0.122 e. The van der Waals surface area contributed by atoms with Crippen molar-refractivity contribution in [2.24, 2.45) is 0 Å². The van der Waals surface area contributed by atoms with E-state index in [1.165, 1.54) is 6.42 Å². The second kappa shape index (κ2) is 4.52. The van der Waals surface area contributed by atoms with Gasteiger partial charge >= 0.3 is 0 Å². The molecule has 2 rings (SSSR count). The van der Waals surface area contributed by atoms with Crippen molar-refractivity contribution in [2.75, 3.05) is 26.2 Å². The zero-order valence-corrected chi connectivity index (χ0v) is 8.49. The van der Waals surface area contributed by atoms with Crippen molar-refractivity contribution < 1.29 is 4.63 Å². The standard InChI is InChI=1S/C9H16N4O/c1-8-9(12-14-11-8)7-13-5-2-3-10-4-6-13/h10H,2-7H2,1H3. The lowest BCUT2D eigenvalue weighted by Gasteiger charge is -2.17. The van der Waals surface area contributed by atoms with Gasteiger partial charge in [-0.2, -0.15) is 0 Å². The van der Waals surface area contributed by atoms with Gasteiger partial charge in [-0.05, 0) is 26.4 Å². The molecular formula is C9H16N4O. The Morgan fingerprint density at radius 1 is 1.36 bits per heavy atom. The lowest BCUT2D eigenvalue weighted by molar-refractivity contribution is 0.262. The molecule has 0 unspecified atom stereocenters. The normalized spacial score (nSPS) is 19.5. The number of hydrogen-bond acceptors (Lipinski definition) is 5. The van der Waals surface area contributed by atoms with Crippen LogP contribution >= 0.6 is 0 Å². The van der Waals surface area contributed by atoms with Gasteiger partial charge < -0.3 is 5.32 Å². The predicted molar refractivity (Wildman–Crippen MR) is 51.8 cm³/mol. The lowest BCUT2D eigenvalue weighted by atomic mass is 10.3. The van der Waals surface area contributed by atoms with E-state index in [-0.39, 0.29) is 0 Å². The summed E-state index contributed by atoms with van der Waals surface area (Å²) >= 11 is 0. The second-order valence-corrected chi connectivity index (χ2v) is 3.68. The van der Waals surface area contributed by atoms with Crippen LogP contribution in [0.4, 0.5) is 0 Å². The summed E-state index contributed by atoms with van der Waals surface area (Å²) in [6, 6.07) is 0. The molecule has 0 aliphatic carbocycles. The van der Waals surface area contributed by atoms with Crippen molar-refractivity contribution in [3.05, 3.63) is 11.4 Å². The molecule has 1 saturated heterocycles. The van der Waals surface area contributed by atoms with Crippen LogP contribution in [-0.4, -0.2) is 41.4 Å². The Morgan fingerprint density at radius 2 is 2.29 bits per heavy atom. The summed E-state index contributed by atoms with van der Waals surface area (Å²) < 4.78 is 4.68. The van der Waals surface area contributed by atoms with Gasteiger partial charge in [-0.15, -0.1) is 0 Å². The highest BCUT2D eigenvalue weighted by Gasteiger charge is 2.12. The van der Waals surface area contributed by atoms with E-state index >= 15 is 0 Å². The average Bonchev–Trinajstić information content (AvgIpc) is 2.44. The highest BCUT2D eigenvalue weighted by atomic mass is 16.6. The third-order valence-corrected chi connectivity index (χ3v) is 2.55. The Hall–Kier alpha value is -0.940. The van der Waals surface area contributed by atoms with Crippen LogP contribution in [0, 0.1) is 6.92 Å². The fourth-order valence-corrected chi connectivity index (χ4v) is 1.66. The van der Waals surface area contributed by atoms with Crippen molar-refractivity contribution in [1.82, 2.24) is 20.5 Å². The van der Waals surface area contributed by atoms with E-state index in [0.717, 1.165) is 44.1 Å². The van der Waals surface area contributed by atoms with Crippen LogP contribution in [0.2, 0.25) is 0 Å². The molecule has 1 aromatic rings. The van der Waals surface area contributed by atoms with Gasteiger partial charge in [0, 0.05) is 19.6 Å². The first-order valence-electron chi connectivity index (χ1n) is 5.07. The van der Waals surface area contributed by atoms with Gasteiger partial charge in [-0.1, -0.05) is 10.3 Å². The summed E-state index contributed by atoms with van der Waals surface area (Å²) in [5, 5.41) is 11.0. The zero-order valence-electron chi connectivity index (χ0n) is 8.49. The van der Waals surface area contributed by atoms with Crippen LogP contribution in [0.3, 0.4) is 0 Å². The van der Waals surface area contributed by atoms with Crippen LogP contribution in [0.5, 0.6) is 0 Å². The van der Waals surface area contributed by atoms with E-state index in [1.807, 2.05) is 6.92 Å². The summed E-state index contributed by atoms with van der Waals surface area (Å²) in [5.74, 6) is 0. The van der Waals surface area contributed by atoms with Crippen LogP contribution in [-0.2, 0) is 6.54 Å². The molecule has 1 aliphatic rings. The van der Waals surface area contributed by atoms with Gasteiger partial charge in [-0.3, -0.25) is 4.90 Å². The Morgan fingerprint density at radius 3 is 3.07 bits per heavy atom. The molecule has 0 amide bonds. The minimum atomic E-state index is 0.858. The third kappa shape index (κ3) is 2.30. The minimum absolute atomic E-state index is 0.858. The van der Waals surface area contributed by atoms with Crippen LogP contribution in [0.15, 0.2) is 4.63 Å². The molecule has 14 heavy (non-hydrogen) atoms. The monoisotopic (exact) mass is 196 g/mol. The van der Waals surface area contributed by atoms with Gasteiger partial charge in [0.2, 0.25) is 0 Å². The van der Waals surface area contributed by atoms with E-state index in [9.17, 15) is 0 Å². The van der Waals surface area contributed by atoms with Crippen molar-refractivity contribution >= 4 is 0 Å². The van der Waals surface area contributed by atoms with E-state index < -0.39 is 0 Å². The number of nitrogens with one attached hydrogen (secondary N) is 1. The third-order valence-electron chi connectivity index (χ3n) is 2.55. The molecule has 1 aromatic heterocycles. The number of aryl methyl sites for hydroxylation is 1. The highest BCUT2D eigenvalue weighted by Crippen LogP contribution is 2.06. The molecule has 5 nitrogen and oxygen atoms in total. The Bertz CT molecular complexity index is 278. The number of rotatable bonds is 2. The molecule has 0 radical (unpaired) electrons. The quantitative estimate of drug-likeness (QED) is 0.731. The van der Waals surface area contributed by atoms with Crippen LogP contribution < -0.4 is 5.32 Å². The first-order chi connectivity index (χ1) is 6.86. The molecule has 0 saturated carbocycles. The van der Waals surface area contributed by atoms with Crippen molar-refractivity contribution in [2.45, 2.75) is 19.9 Å². The van der Waals surface area contributed by atoms with Crippen molar-refractivity contribution in [1.29, 1.82) is 0 Å². The van der Waals surface area contributed by atoms with Gasteiger partial charge in [0.1, 0.15) is 11.4 Å². The minimum Gasteiger partial charge on any atom is -0.315 e. The Kier molecular flexibility index (Phi) is 3.10. The lowest BCUT2D eigenvalue weighted by Crippen LogP contribution is -2.28. The number of aromatic nitrogens is 2. The molecule has 0 bridgehead atoms. The Labute approximate surface area is 83.4 Å². The van der Waals surface area contributed by atoms with Crippen LogP contribution in [0.25, 0.3) is 0 Å². The van der Waals surface area contributed by atoms with E-state index in [2.05, 4.69) is 25.2 Å². The summed E-state index contributed by atoms with van der Waals surface area (Å²) in [6.45, 7) is 7.17. The van der Waals surface area contributed by atoms with E-state index in [1.54, 1.807) is 0 Å². The number of hydrogen-bond donors (Lipinski definition) is 1. The molecule has 0 aromatic carbocycles. The molecule has 1 N–H and O–H groups in total. The maximum Gasteiger partial charge on any atom is 0.122 e. The molecule has 1 aliphatic heterocycles. The fraction of sp³-hybridized carbons (Fsp3) is 0.778. The predicted octanol–water partition coefficient (Wildman–Crippen LogP) is 0.173. The second-order valence-electron chi connectivity index (χ2n) is 3.68. The topological polar surface area (TPSA) is 54.2 Å². The maximum absolute atomic E-state index is 4.68. The van der Waals surface area contributed by atoms with E-state index in [4.69, 9.17) is 0 Å². The first kappa shape index (κ1) is 9.61. The summed E-state index contributed by atoms with van der Waals surface area (Å²) in [5.41, 5.74) is 1.87. The Balaban J connectivity index is 1.92. The first-order valence-corrected chi connectivity index (χ1v) is 5.07. The zero-order chi connectivity index (χ0) is 9.80. The van der Waals surface area contributed by atoms with E-state index in [0.29, 0.717) is 0 Å². The molecule has 0 atom stereocenters. The SMILES string of the molecule is Cc1nonc1CN1CCCNCC1. The van der Waals surface area contributed by atoms with Gasteiger partial charge in [0.15, 0.2) is 0 Å². The summed E-state index contributed by atoms with van der Waals surface area (Å²) in [6.07, 6.45) is 1.20. The van der Waals surface area contributed by atoms with Crippen LogP contribution in [0.1, 0.15) is 17.8 Å². The van der Waals surface area contributed by atoms with Crippen molar-refractivity contribution in [3.63, 3.8) is 0 Å². The van der Waals surface area contributed by atoms with Gasteiger partial charge in [0.05, 0.1) is 0 Å². The maximum atomic E-state index is 4.68. The molecule has 78 valence electrons. The molecule has 0 spiro atoms. The van der Waals surface area contributed by atoms with Crippen molar-refractivity contribution in [3.8, 4) is 0 Å². The van der Waals surface area contributed by atoms with Gasteiger partial charge in [0.25, 0.3) is 0 Å². The molecular weight excluding hydrogens is 180 g/mol. The fourth-order valence-electron chi connectivity index (χ4n) is 1.66. The summed E-state index contributed by atoms with van der Waals surface area (Å²) in [4.78, 5) is 2.38. The molecule has 2 heterocycles. The summed E-state index contributed by atoms with van der Waals surface area (Å²) in [7, 11) is 0. The number of nitrogens with zero attached hydrogens (tertiary/aromatic N) is 3. The average molecular weight is 196 g/mol.